The largest absolute Gasteiger partial charge is 0.415 e. The van der Waals surface area contributed by atoms with Gasteiger partial charge in [-0.1, -0.05) is 46.3 Å². The first-order chi connectivity index (χ1) is 15.5. The smallest absolute Gasteiger partial charge is 0.410 e. The van der Waals surface area contributed by atoms with Crippen LogP contribution < -0.4 is 4.74 Å². The SMILES string of the molecule is CCN(CC)C(=O)Oc1ccc2c(ccn2Cc2ccccc2Br)c1-c1ccc(F)cc1. The molecule has 0 aliphatic heterocycles. The second kappa shape index (κ2) is 9.57. The second-order valence-electron chi connectivity index (χ2n) is 7.45. The second-order valence-corrected chi connectivity index (χ2v) is 8.31. The van der Waals surface area contributed by atoms with Gasteiger partial charge in [0.2, 0.25) is 0 Å². The summed E-state index contributed by atoms with van der Waals surface area (Å²) in [5.74, 6) is 0.147. The number of hydrogen-bond acceptors (Lipinski definition) is 2. The van der Waals surface area contributed by atoms with Crippen molar-refractivity contribution >= 4 is 32.9 Å². The number of rotatable bonds is 6. The highest BCUT2D eigenvalue weighted by Crippen LogP contribution is 2.38. The molecular formula is C26H24BrFN2O2. The summed E-state index contributed by atoms with van der Waals surface area (Å²) >= 11 is 3.62. The van der Waals surface area contributed by atoms with Crippen molar-refractivity contribution in [2.75, 3.05) is 13.1 Å². The van der Waals surface area contributed by atoms with Crippen molar-refractivity contribution < 1.29 is 13.9 Å². The fraction of sp³-hybridized carbons (Fsp3) is 0.192. The third-order valence-electron chi connectivity index (χ3n) is 5.57. The van der Waals surface area contributed by atoms with Crippen LogP contribution >= 0.6 is 15.9 Å². The third kappa shape index (κ3) is 4.41. The van der Waals surface area contributed by atoms with Gasteiger partial charge in [0.1, 0.15) is 11.6 Å². The number of aromatic nitrogens is 1. The Morgan fingerprint density at radius 1 is 1.00 bits per heavy atom. The molecule has 0 saturated heterocycles. The topological polar surface area (TPSA) is 34.5 Å². The zero-order valence-corrected chi connectivity index (χ0v) is 19.6. The Kier molecular flexibility index (Phi) is 6.61. The number of halogens is 2. The van der Waals surface area contributed by atoms with Crippen LogP contribution in [0.4, 0.5) is 9.18 Å². The number of amides is 1. The van der Waals surface area contributed by atoms with Gasteiger partial charge in [-0.05, 0) is 61.4 Å². The molecule has 0 bridgehead atoms. The maximum absolute atomic E-state index is 13.6. The molecule has 0 radical (unpaired) electrons. The van der Waals surface area contributed by atoms with Gasteiger partial charge >= 0.3 is 6.09 Å². The lowest BCUT2D eigenvalue weighted by atomic mass is 10.0. The predicted molar refractivity (Wildman–Crippen MR) is 130 cm³/mol. The van der Waals surface area contributed by atoms with Crippen molar-refractivity contribution in [3.05, 3.63) is 88.8 Å². The fourth-order valence-electron chi connectivity index (χ4n) is 3.84. The molecule has 4 nitrogen and oxygen atoms in total. The zero-order chi connectivity index (χ0) is 22.7. The molecule has 0 aliphatic rings. The summed E-state index contributed by atoms with van der Waals surface area (Å²) in [5.41, 5.74) is 3.72. The lowest BCUT2D eigenvalue weighted by Gasteiger charge is -2.20. The number of nitrogens with zero attached hydrogens (tertiary/aromatic N) is 2. The highest BCUT2D eigenvalue weighted by Gasteiger charge is 2.19. The minimum atomic E-state index is -0.398. The van der Waals surface area contributed by atoms with E-state index in [0.717, 1.165) is 32.1 Å². The van der Waals surface area contributed by atoms with E-state index in [2.05, 4.69) is 26.6 Å². The Balaban J connectivity index is 1.82. The molecule has 0 atom stereocenters. The van der Waals surface area contributed by atoms with Gasteiger partial charge in [0.15, 0.2) is 0 Å². The Morgan fingerprint density at radius 2 is 1.72 bits per heavy atom. The molecular weight excluding hydrogens is 471 g/mol. The van der Waals surface area contributed by atoms with Gasteiger partial charge in [0.05, 0.1) is 0 Å². The van der Waals surface area contributed by atoms with Gasteiger partial charge in [-0.3, -0.25) is 0 Å². The molecule has 0 unspecified atom stereocenters. The zero-order valence-electron chi connectivity index (χ0n) is 18.0. The van der Waals surface area contributed by atoms with Crippen molar-refractivity contribution in [2.24, 2.45) is 0 Å². The summed E-state index contributed by atoms with van der Waals surface area (Å²) in [7, 11) is 0. The van der Waals surface area contributed by atoms with Crippen LogP contribution in [0.25, 0.3) is 22.0 Å². The first-order valence-corrected chi connectivity index (χ1v) is 11.4. The number of ether oxygens (including phenoxy) is 1. The first kappa shape index (κ1) is 22.1. The minimum Gasteiger partial charge on any atom is -0.410 e. The Bertz CT molecular complexity index is 1250. The Labute approximate surface area is 195 Å². The van der Waals surface area contributed by atoms with Gasteiger partial charge in [0, 0.05) is 46.8 Å². The van der Waals surface area contributed by atoms with Crippen molar-refractivity contribution in [2.45, 2.75) is 20.4 Å². The molecule has 0 aliphatic carbocycles. The summed E-state index contributed by atoms with van der Waals surface area (Å²) in [6.07, 6.45) is 1.62. The van der Waals surface area contributed by atoms with Crippen LogP contribution in [0.1, 0.15) is 19.4 Å². The molecule has 6 heteroatoms. The fourth-order valence-corrected chi connectivity index (χ4v) is 4.25. The van der Waals surface area contributed by atoms with E-state index in [1.165, 1.54) is 12.1 Å². The molecule has 0 N–H and O–H groups in total. The lowest BCUT2D eigenvalue weighted by Crippen LogP contribution is -2.33. The van der Waals surface area contributed by atoms with Gasteiger partial charge in [-0.2, -0.15) is 0 Å². The third-order valence-corrected chi connectivity index (χ3v) is 6.34. The van der Waals surface area contributed by atoms with Crippen molar-refractivity contribution in [1.82, 2.24) is 9.47 Å². The summed E-state index contributed by atoms with van der Waals surface area (Å²) in [5, 5.41) is 0.938. The number of benzene rings is 3. The highest BCUT2D eigenvalue weighted by molar-refractivity contribution is 9.10. The van der Waals surface area contributed by atoms with Crippen molar-refractivity contribution in [1.29, 1.82) is 0 Å². The monoisotopic (exact) mass is 494 g/mol. The van der Waals surface area contributed by atoms with Gasteiger partial charge in [0.25, 0.3) is 0 Å². The van der Waals surface area contributed by atoms with Crippen molar-refractivity contribution in [3.63, 3.8) is 0 Å². The number of hydrogen-bond donors (Lipinski definition) is 0. The molecule has 0 fully saturated rings. The summed E-state index contributed by atoms with van der Waals surface area (Å²) in [4.78, 5) is 14.3. The van der Waals surface area contributed by atoms with E-state index in [-0.39, 0.29) is 5.82 Å². The van der Waals surface area contributed by atoms with Gasteiger partial charge < -0.3 is 14.2 Å². The van der Waals surface area contributed by atoms with Gasteiger partial charge in [-0.15, -0.1) is 0 Å². The Hall–Kier alpha value is -3.12. The van der Waals surface area contributed by atoms with Crippen LogP contribution in [0, 0.1) is 5.82 Å². The van der Waals surface area contributed by atoms with E-state index in [4.69, 9.17) is 4.74 Å². The van der Waals surface area contributed by atoms with Crippen LogP contribution in [0.5, 0.6) is 5.75 Å². The first-order valence-electron chi connectivity index (χ1n) is 10.6. The highest BCUT2D eigenvalue weighted by atomic mass is 79.9. The number of fused-ring (bicyclic) bond motifs is 1. The van der Waals surface area contributed by atoms with E-state index in [9.17, 15) is 9.18 Å². The molecule has 4 rings (SSSR count). The van der Waals surface area contributed by atoms with Crippen LogP contribution in [0.2, 0.25) is 0 Å². The van der Waals surface area contributed by atoms with Crippen molar-refractivity contribution in [3.8, 4) is 16.9 Å². The quantitative estimate of drug-likeness (QED) is 0.286. The standard InChI is InChI=1S/C26H24BrFN2O2/c1-3-29(4-2)26(31)32-24-14-13-23-21(25(24)18-9-11-20(28)12-10-18)15-16-30(23)17-19-7-5-6-8-22(19)27/h5-16H,3-4,17H2,1-2H3. The Morgan fingerprint density at radius 3 is 2.41 bits per heavy atom. The summed E-state index contributed by atoms with van der Waals surface area (Å²) < 4.78 is 22.6. The average molecular weight is 495 g/mol. The minimum absolute atomic E-state index is 0.311. The van der Waals surface area contributed by atoms with E-state index >= 15 is 0 Å². The number of carbonyl (C=O) groups is 1. The number of carbonyl (C=O) groups excluding carboxylic acids is 1. The molecule has 1 aromatic heterocycles. The normalized spacial score (nSPS) is 11.0. The maximum atomic E-state index is 13.6. The molecule has 0 saturated carbocycles. The lowest BCUT2D eigenvalue weighted by molar-refractivity contribution is 0.157. The summed E-state index contributed by atoms with van der Waals surface area (Å²) in [6.45, 7) is 5.64. The summed E-state index contributed by atoms with van der Waals surface area (Å²) in [6, 6.07) is 20.2. The predicted octanol–water partition coefficient (Wildman–Crippen LogP) is 7.10. The van der Waals surface area contributed by atoms with E-state index < -0.39 is 6.09 Å². The molecule has 32 heavy (non-hydrogen) atoms. The van der Waals surface area contributed by atoms with E-state index in [1.54, 1.807) is 17.0 Å². The molecule has 1 amide bonds. The molecule has 0 spiro atoms. The molecule has 3 aromatic carbocycles. The molecule has 1 heterocycles. The van der Waals surface area contributed by atoms with Crippen LogP contribution in [0.3, 0.4) is 0 Å². The average Bonchev–Trinajstić information content (AvgIpc) is 3.19. The van der Waals surface area contributed by atoms with Crippen LogP contribution in [0.15, 0.2) is 77.4 Å². The van der Waals surface area contributed by atoms with Crippen LogP contribution in [-0.2, 0) is 6.54 Å². The molecule has 4 aromatic rings. The van der Waals surface area contributed by atoms with Gasteiger partial charge in [-0.25, -0.2) is 9.18 Å². The van der Waals surface area contributed by atoms with E-state index in [1.807, 2.05) is 56.4 Å². The van der Waals surface area contributed by atoms with E-state index in [0.29, 0.717) is 25.4 Å². The maximum Gasteiger partial charge on any atom is 0.415 e. The van der Waals surface area contributed by atoms with Crippen LogP contribution in [-0.4, -0.2) is 28.6 Å². The molecule has 164 valence electrons.